The Morgan fingerprint density at radius 3 is 2.44 bits per heavy atom. The number of ether oxygens (including phenoxy) is 1. The molecule has 1 unspecified atom stereocenters. The minimum atomic E-state index is -4.98. The van der Waals surface area contributed by atoms with E-state index in [4.69, 9.17) is 4.74 Å². The van der Waals surface area contributed by atoms with Gasteiger partial charge in [-0.15, -0.1) is 0 Å². The monoisotopic (exact) mass is 403 g/mol. The van der Waals surface area contributed by atoms with Gasteiger partial charge in [0.15, 0.2) is 0 Å². The summed E-state index contributed by atoms with van der Waals surface area (Å²) in [5, 5.41) is 0. The van der Waals surface area contributed by atoms with Gasteiger partial charge in [0.25, 0.3) is 0 Å². The zero-order chi connectivity index (χ0) is 19.7. The van der Waals surface area contributed by atoms with Crippen molar-refractivity contribution in [2.75, 3.05) is 13.1 Å². The molecule has 0 N–H and O–H groups in total. The number of hydrogen-bond donors (Lipinski definition) is 0. The molecule has 9 heteroatoms. The molecular weight excluding hydrogens is 386 g/mol. The van der Waals surface area contributed by atoms with Crippen LogP contribution in [0.1, 0.15) is 18.4 Å². The molecule has 0 radical (unpaired) electrons. The van der Waals surface area contributed by atoms with E-state index in [1.165, 1.54) is 0 Å². The van der Waals surface area contributed by atoms with Crippen molar-refractivity contribution >= 4 is 10.0 Å². The first-order chi connectivity index (χ1) is 12.7. The lowest BCUT2D eigenvalue weighted by atomic mass is 10.1. The number of nitrogens with zero attached hydrogens (tertiary/aromatic N) is 1. The normalized spacial score (nSPS) is 19.0. The largest absolute Gasteiger partial charge is 0.489 e. The molecule has 1 aliphatic heterocycles. The first-order valence-electron chi connectivity index (χ1n) is 8.26. The fourth-order valence-corrected chi connectivity index (χ4v) is 4.48. The SMILES string of the molecule is O=S(=O)(c1ccc(F)c(C(F)(F)F)c1)N1CCCC(Oc2ccccc2)C1. The van der Waals surface area contributed by atoms with Crippen LogP contribution < -0.4 is 4.74 Å². The quantitative estimate of drug-likeness (QED) is 0.723. The van der Waals surface area contributed by atoms with Crippen LogP contribution in [0.15, 0.2) is 53.4 Å². The molecule has 0 aliphatic carbocycles. The molecule has 2 aromatic rings. The number of alkyl halides is 3. The van der Waals surface area contributed by atoms with Crippen molar-refractivity contribution in [1.82, 2.24) is 4.31 Å². The lowest BCUT2D eigenvalue weighted by molar-refractivity contribution is -0.140. The van der Waals surface area contributed by atoms with E-state index in [0.717, 1.165) is 10.4 Å². The first kappa shape index (κ1) is 19.6. The van der Waals surface area contributed by atoms with E-state index in [1.807, 2.05) is 6.07 Å². The summed E-state index contributed by atoms with van der Waals surface area (Å²) in [5.74, 6) is -0.923. The Balaban J connectivity index is 1.82. The van der Waals surface area contributed by atoms with Gasteiger partial charge in [-0.25, -0.2) is 12.8 Å². The summed E-state index contributed by atoms with van der Waals surface area (Å²) in [4.78, 5) is -0.586. The highest BCUT2D eigenvalue weighted by atomic mass is 32.2. The maximum Gasteiger partial charge on any atom is 0.419 e. The van der Waals surface area contributed by atoms with Crippen molar-refractivity contribution < 1.29 is 30.7 Å². The first-order valence-corrected chi connectivity index (χ1v) is 9.70. The van der Waals surface area contributed by atoms with Crippen LogP contribution in [0.5, 0.6) is 5.75 Å². The van der Waals surface area contributed by atoms with Gasteiger partial charge in [0.05, 0.1) is 17.0 Å². The zero-order valence-electron chi connectivity index (χ0n) is 14.1. The Morgan fingerprint density at radius 1 is 1.07 bits per heavy atom. The maximum atomic E-state index is 13.5. The molecule has 4 nitrogen and oxygen atoms in total. The number of rotatable bonds is 4. The summed E-state index contributed by atoms with van der Waals surface area (Å²) < 4.78 is 84.5. The van der Waals surface area contributed by atoms with Gasteiger partial charge >= 0.3 is 6.18 Å². The smallest absolute Gasteiger partial charge is 0.419 e. The third-order valence-electron chi connectivity index (χ3n) is 4.27. The number of piperidine rings is 1. The summed E-state index contributed by atoms with van der Waals surface area (Å²) in [6.45, 7) is 0.172. The fraction of sp³-hybridized carbons (Fsp3) is 0.333. The van der Waals surface area contributed by atoms with Crippen LogP contribution in [0, 0.1) is 5.82 Å². The van der Waals surface area contributed by atoms with E-state index < -0.39 is 38.6 Å². The minimum absolute atomic E-state index is 0.00988. The summed E-state index contributed by atoms with van der Waals surface area (Å²) >= 11 is 0. The highest BCUT2D eigenvalue weighted by molar-refractivity contribution is 7.89. The van der Waals surface area contributed by atoms with E-state index >= 15 is 0 Å². The van der Waals surface area contributed by atoms with Gasteiger partial charge in [0.1, 0.15) is 17.7 Å². The summed E-state index contributed by atoms with van der Waals surface area (Å²) in [5.41, 5.74) is -1.60. The van der Waals surface area contributed by atoms with Crippen molar-refractivity contribution in [2.24, 2.45) is 0 Å². The van der Waals surface area contributed by atoms with Crippen LogP contribution in [0.25, 0.3) is 0 Å². The van der Waals surface area contributed by atoms with E-state index in [1.54, 1.807) is 24.3 Å². The molecule has 1 fully saturated rings. The van der Waals surface area contributed by atoms with Gasteiger partial charge < -0.3 is 4.74 Å². The molecule has 1 heterocycles. The molecule has 1 aliphatic rings. The van der Waals surface area contributed by atoms with Crippen LogP contribution in [-0.4, -0.2) is 31.9 Å². The molecule has 0 amide bonds. The Kier molecular flexibility index (Phi) is 5.43. The van der Waals surface area contributed by atoms with Gasteiger partial charge in [-0.05, 0) is 43.2 Å². The standard InChI is InChI=1S/C18H17F4NO3S/c19-17-9-8-15(11-16(17)18(20,21)22)27(24,25)23-10-4-7-14(12-23)26-13-5-2-1-3-6-13/h1-3,5-6,8-9,11,14H,4,7,10,12H2. The predicted octanol–water partition coefficient (Wildman–Crippen LogP) is 4.08. The second-order valence-corrected chi connectivity index (χ2v) is 8.14. The lowest BCUT2D eigenvalue weighted by Gasteiger charge is -2.32. The number of para-hydroxylation sites is 1. The number of benzene rings is 2. The number of sulfonamides is 1. The van der Waals surface area contributed by atoms with E-state index in [-0.39, 0.29) is 13.1 Å². The van der Waals surface area contributed by atoms with Crippen molar-refractivity contribution in [3.63, 3.8) is 0 Å². The fourth-order valence-electron chi connectivity index (χ4n) is 2.94. The molecule has 2 aromatic carbocycles. The van der Waals surface area contributed by atoms with Crippen molar-refractivity contribution in [1.29, 1.82) is 0 Å². The van der Waals surface area contributed by atoms with Crippen molar-refractivity contribution in [3.05, 3.63) is 59.9 Å². The molecule has 0 bridgehead atoms. The zero-order valence-corrected chi connectivity index (χ0v) is 14.9. The summed E-state index contributed by atoms with van der Waals surface area (Å²) in [6.07, 6.45) is -4.27. The molecule has 0 spiro atoms. The van der Waals surface area contributed by atoms with Crippen LogP contribution in [0.4, 0.5) is 17.6 Å². The van der Waals surface area contributed by atoms with Gasteiger partial charge in [0, 0.05) is 6.54 Å². The Labute approximate surface area is 154 Å². The highest BCUT2D eigenvalue weighted by Gasteiger charge is 2.37. The molecule has 0 saturated carbocycles. The molecule has 146 valence electrons. The molecule has 1 saturated heterocycles. The van der Waals surface area contributed by atoms with Crippen LogP contribution in [0.2, 0.25) is 0 Å². The predicted molar refractivity (Wildman–Crippen MR) is 90.3 cm³/mol. The molecule has 3 rings (SSSR count). The average molecular weight is 403 g/mol. The topological polar surface area (TPSA) is 46.6 Å². The van der Waals surface area contributed by atoms with E-state index in [2.05, 4.69) is 0 Å². The lowest BCUT2D eigenvalue weighted by Crippen LogP contribution is -2.44. The third-order valence-corrected chi connectivity index (χ3v) is 6.13. The number of halogens is 4. The Bertz CT molecular complexity index is 901. The van der Waals surface area contributed by atoms with Crippen LogP contribution in [-0.2, 0) is 16.2 Å². The highest BCUT2D eigenvalue weighted by Crippen LogP contribution is 2.34. The van der Waals surface area contributed by atoms with Crippen molar-refractivity contribution in [2.45, 2.75) is 30.0 Å². The molecule has 0 aromatic heterocycles. The molecule has 1 atom stereocenters. The summed E-state index contributed by atoms with van der Waals surface area (Å²) in [6, 6.07) is 10.6. The maximum absolute atomic E-state index is 13.5. The van der Waals surface area contributed by atoms with Gasteiger partial charge in [-0.1, -0.05) is 18.2 Å². The second kappa shape index (κ2) is 7.47. The van der Waals surface area contributed by atoms with Crippen molar-refractivity contribution in [3.8, 4) is 5.75 Å². The van der Waals surface area contributed by atoms with Gasteiger partial charge in [0.2, 0.25) is 10.0 Å². The van der Waals surface area contributed by atoms with E-state index in [0.29, 0.717) is 30.7 Å². The van der Waals surface area contributed by atoms with E-state index in [9.17, 15) is 26.0 Å². The van der Waals surface area contributed by atoms with Crippen LogP contribution in [0.3, 0.4) is 0 Å². The van der Waals surface area contributed by atoms with Gasteiger partial charge in [-0.3, -0.25) is 0 Å². The molecular formula is C18H17F4NO3S. The Hall–Kier alpha value is -2.13. The molecule has 27 heavy (non-hydrogen) atoms. The minimum Gasteiger partial charge on any atom is -0.489 e. The van der Waals surface area contributed by atoms with Crippen LogP contribution >= 0.6 is 0 Å². The summed E-state index contributed by atoms with van der Waals surface area (Å²) in [7, 11) is -4.20. The average Bonchev–Trinajstić information content (AvgIpc) is 2.62. The third kappa shape index (κ3) is 4.41. The number of hydrogen-bond acceptors (Lipinski definition) is 3. The second-order valence-electron chi connectivity index (χ2n) is 6.20. The van der Waals surface area contributed by atoms with Gasteiger partial charge in [-0.2, -0.15) is 17.5 Å². The Morgan fingerprint density at radius 2 is 1.78 bits per heavy atom.